The summed E-state index contributed by atoms with van der Waals surface area (Å²) < 4.78 is 36.0. The molecule has 2 heterocycles. The predicted molar refractivity (Wildman–Crippen MR) is 119 cm³/mol. The number of nitrogens with zero attached hydrogens (tertiary/aromatic N) is 2. The molecule has 0 aromatic heterocycles. The Kier molecular flexibility index (Phi) is 5.78. The first kappa shape index (κ1) is 23.6. The van der Waals surface area contributed by atoms with E-state index >= 15 is 8.78 Å². The quantitative estimate of drug-likeness (QED) is 0.595. The van der Waals surface area contributed by atoms with Crippen molar-refractivity contribution in [1.29, 1.82) is 0 Å². The summed E-state index contributed by atoms with van der Waals surface area (Å²) in [4.78, 5) is 41.2. The lowest BCUT2D eigenvalue weighted by Crippen LogP contribution is -2.47. The summed E-state index contributed by atoms with van der Waals surface area (Å²) in [6.07, 6.45) is 2.56. The van der Waals surface area contributed by atoms with Crippen molar-refractivity contribution < 1.29 is 27.9 Å². The summed E-state index contributed by atoms with van der Waals surface area (Å²) in [7, 11) is 0. The lowest BCUT2D eigenvalue weighted by atomic mass is 9.84. The number of hydrogen-bond acceptors (Lipinski definition) is 4. The number of halogens is 2. The van der Waals surface area contributed by atoms with Gasteiger partial charge in [-0.25, -0.2) is 8.78 Å². The largest absolute Gasteiger partial charge is 0.460 e. The molecule has 8 heteroatoms. The van der Waals surface area contributed by atoms with Gasteiger partial charge in [0.2, 0.25) is 11.8 Å². The normalized spacial score (nSPS) is 22.2. The van der Waals surface area contributed by atoms with Crippen molar-refractivity contribution in [1.82, 2.24) is 4.90 Å². The Hall–Kier alpha value is -2.51. The van der Waals surface area contributed by atoms with Crippen molar-refractivity contribution >= 4 is 23.5 Å². The molecule has 1 aromatic carbocycles. The highest BCUT2D eigenvalue weighted by Gasteiger charge is 2.53. The molecule has 0 bridgehead atoms. The Labute approximate surface area is 193 Å². The predicted octanol–water partition coefficient (Wildman–Crippen LogP) is 4.19. The number of likely N-dealkylation sites (tertiary alicyclic amines) is 1. The van der Waals surface area contributed by atoms with Gasteiger partial charge in [0.25, 0.3) is 0 Å². The van der Waals surface area contributed by atoms with Crippen LogP contribution < -0.4 is 4.90 Å². The minimum atomic E-state index is -1.25. The average Bonchev–Trinajstić information content (AvgIpc) is 3.44. The molecule has 33 heavy (non-hydrogen) atoms. The van der Waals surface area contributed by atoms with Gasteiger partial charge in [-0.3, -0.25) is 19.3 Å². The van der Waals surface area contributed by atoms with Crippen LogP contribution in [0.25, 0.3) is 0 Å². The van der Waals surface area contributed by atoms with Crippen LogP contribution in [0.1, 0.15) is 83.8 Å². The van der Waals surface area contributed by atoms with Crippen LogP contribution in [0.2, 0.25) is 0 Å². The fourth-order valence-corrected chi connectivity index (χ4v) is 4.93. The van der Waals surface area contributed by atoms with Gasteiger partial charge in [0.15, 0.2) is 0 Å². The second kappa shape index (κ2) is 8.06. The number of rotatable bonds is 6. The fourth-order valence-electron chi connectivity index (χ4n) is 4.93. The molecule has 1 aliphatic carbocycles. The van der Waals surface area contributed by atoms with Crippen LogP contribution in [0.15, 0.2) is 6.07 Å². The van der Waals surface area contributed by atoms with E-state index in [4.69, 9.17) is 4.74 Å². The summed E-state index contributed by atoms with van der Waals surface area (Å²) >= 11 is 0. The zero-order chi connectivity index (χ0) is 24.3. The maximum atomic E-state index is 15.4. The zero-order valence-electron chi connectivity index (χ0n) is 20.0. The molecule has 0 unspecified atom stereocenters. The van der Waals surface area contributed by atoms with Crippen molar-refractivity contribution in [2.75, 3.05) is 18.0 Å². The van der Waals surface area contributed by atoms with E-state index in [0.717, 1.165) is 12.8 Å². The number of ether oxygens (including phenoxy) is 1. The summed E-state index contributed by atoms with van der Waals surface area (Å²) in [6, 6.07) is 0.325. The summed E-state index contributed by atoms with van der Waals surface area (Å²) in [6.45, 7) is 9.28. The monoisotopic (exact) mass is 462 g/mol. The van der Waals surface area contributed by atoms with E-state index in [2.05, 4.69) is 0 Å². The maximum absolute atomic E-state index is 15.4. The number of anilines is 1. The molecular formula is C25H32F2N2O4. The van der Waals surface area contributed by atoms with Crippen LogP contribution in [0.5, 0.6) is 0 Å². The van der Waals surface area contributed by atoms with Crippen LogP contribution in [0.3, 0.4) is 0 Å². The Morgan fingerprint density at radius 2 is 1.85 bits per heavy atom. The number of amides is 2. The van der Waals surface area contributed by atoms with Gasteiger partial charge in [0, 0.05) is 25.1 Å². The topological polar surface area (TPSA) is 66.9 Å². The molecule has 2 amide bonds. The van der Waals surface area contributed by atoms with E-state index in [1.165, 1.54) is 11.0 Å². The van der Waals surface area contributed by atoms with Gasteiger partial charge in [0.05, 0.1) is 11.1 Å². The molecule has 180 valence electrons. The lowest BCUT2D eigenvalue weighted by molar-refractivity contribution is -0.155. The Balaban J connectivity index is 1.51. The third-order valence-corrected chi connectivity index (χ3v) is 6.66. The van der Waals surface area contributed by atoms with Crippen molar-refractivity contribution in [3.8, 4) is 0 Å². The highest BCUT2D eigenvalue weighted by Crippen LogP contribution is 2.51. The van der Waals surface area contributed by atoms with Gasteiger partial charge < -0.3 is 9.64 Å². The molecule has 0 radical (unpaired) electrons. The number of esters is 1. The molecule has 1 atom stereocenters. The zero-order valence-corrected chi connectivity index (χ0v) is 20.0. The molecule has 0 N–H and O–H groups in total. The van der Waals surface area contributed by atoms with E-state index in [1.807, 2.05) is 0 Å². The average molecular weight is 463 g/mol. The Morgan fingerprint density at radius 1 is 1.18 bits per heavy atom. The maximum Gasteiger partial charge on any atom is 0.306 e. The van der Waals surface area contributed by atoms with E-state index in [9.17, 15) is 14.4 Å². The molecule has 0 spiro atoms. The number of fused-ring (bicyclic) bond motifs is 1. The molecule has 1 saturated heterocycles. The van der Waals surface area contributed by atoms with Gasteiger partial charge in [-0.2, -0.15) is 0 Å². The smallest absolute Gasteiger partial charge is 0.306 e. The van der Waals surface area contributed by atoms with Crippen molar-refractivity contribution in [3.05, 3.63) is 28.8 Å². The van der Waals surface area contributed by atoms with Gasteiger partial charge in [-0.15, -0.1) is 0 Å². The minimum absolute atomic E-state index is 0.00155. The summed E-state index contributed by atoms with van der Waals surface area (Å²) in [5.74, 6) is -2.27. The molecule has 2 fully saturated rings. The van der Waals surface area contributed by atoms with Gasteiger partial charge >= 0.3 is 5.97 Å². The number of carbonyl (C=O) groups excluding carboxylic acids is 3. The lowest BCUT2D eigenvalue weighted by Gasteiger charge is -2.26. The highest BCUT2D eigenvalue weighted by atomic mass is 19.1. The van der Waals surface area contributed by atoms with E-state index in [1.54, 1.807) is 39.5 Å². The Bertz CT molecular complexity index is 1010. The van der Waals surface area contributed by atoms with Gasteiger partial charge in [0.1, 0.15) is 23.3 Å². The molecule has 1 saturated carbocycles. The van der Waals surface area contributed by atoms with Crippen LogP contribution in [-0.4, -0.2) is 47.4 Å². The fraction of sp³-hybridized carbons (Fsp3) is 0.640. The van der Waals surface area contributed by atoms with E-state index in [0.29, 0.717) is 31.5 Å². The molecule has 4 rings (SSSR count). The SMILES string of the molecule is CC(C)(C)OC(=O)CCCN1CC[C@@H](N2C(=O)C(C)(C)c3c(F)c(C4CC4)cc(F)c32)C1=O. The standard InChI is InChI=1S/C25H32F2N2O4/c1-24(2,3)33-18(30)7-6-11-28-12-10-17(22(28)31)29-21-16(26)13-15(14-8-9-14)20(27)19(21)25(4,5)23(29)32/h13-14,17H,6-12H2,1-5H3/t17-/m1/s1. The highest BCUT2D eigenvalue weighted by molar-refractivity contribution is 6.12. The van der Waals surface area contributed by atoms with Crippen molar-refractivity contribution in [2.45, 2.75) is 89.7 Å². The van der Waals surface area contributed by atoms with Crippen molar-refractivity contribution in [2.24, 2.45) is 0 Å². The molecule has 3 aliphatic rings. The third-order valence-electron chi connectivity index (χ3n) is 6.66. The molecule has 2 aliphatic heterocycles. The van der Waals surface area contributed by atoms with Crippen LogP contribution in [0, 0.1) is 11.6 Å². The Morgan fingerprint density at radius 3 is 2.45 bits per heavy atom. The van der Waals surface area contributed by atoms with Crippen LogP contribution in [-0.2, 0) is 24.5 Å². The number of hydrogen-bond donors (Lipinski definition) is 0. The summed E-state index contributed by atoms with van der Waals surface area (Å²) in [5.41, 5.74) is -1.53. The second-order valence-electron chi connectivity index (χ2n) is 10.9. The van der Waals surface area contributed by atoms with E-state index in [-0.39, 0.29) is 35.5 Å². The van der Waals surface area contributed by atoms with Crippen LogP contribution >= 0.6 is 0 Å². The molecule has 6 nitrogen and oxygen atoms in total. The first-order chi connectivity index (χ1) is 15.3. The van der Waals surface area contributed by atoms with Gasteiger partial charge in [-0.05, 0) is 77.8 Å². The number of carbonyl (C=O) groups is 3. The van der Waals surface area contributed by atoms with Gasteiger partial charge in [-0.1, -0.05) is 0 Å². The summed E-state index contributed by atoms with van der Waals surface area (Å²) in [5, 5.41) is 0. The third kappa shape index (κ3) is 4.24. The van der Waals surface area contributed by atoms with E-state index < -0.39 is 34.6 Å². The first-order valence-electron chi connectivity index (χ1n) is 11.7. The molecular weight excluding hydrogens is 430 g/mol. The number of benzene rings is 1. The second-order valence-corrected chi connectivity index (χ2v) is 10.9. The molecule has 1 aromatic rings. The van der Waals surface area contributed by atoms with Crippen molar-refractivity contribution in [3.63, 3.8) is 0 Å². The first-order valence-corrected chi connectivity index (χ1v) is 11.7. The van der Waals surface area contributed by atoms with Crippen LogP contribution in [0.4, 0.5) is 14.5 Å². The minimum Gasteiger partial charge on any atom is -0.460 e.